The van der Waals surface area contributed by atoms with Crippen LogP contribution in [0.15, 0.2) is 84.9 Å². The molecule has 0 spiro atoms. The number of aromatic amines is 2. The summed E-state index contributed by atoms with van der Waals surface area (Å²) >= 11 is 12.6. The van der Waals surface area contributed by atoms with Crippen molar-refractivity contribution in [2.45, 2.75) is 100 Å². The Balaban J connectivity index is 0.000000147. The second kappa shape index (κ2) is 16.4. The third kappa shape index (κ3) is 6.69. The van der Waals surface area contributed by atoms with Gasteiger partial charge in [0.1, 0.15) is 24.4 Å². The molecule has 8 atom stereocenters. The maximum atomic E-state index is 13.4. The minimum Gasteiger partial charge on any atom is -0.411 e. The number of carbonyl (C=O) groups excluding carboxylic acids is 4. The summed E-state index contributed by atoms with van der Waals surface area (Å²) in [6, 6.07) is 24.6. The quantitative estimate of drug-likeness (QED) is 0.0598. The normalized spacial score (nSPS) is 24.0. The molecule has 382 valence electrons. The second-order valence-electron chi connectivity index (χ2n) is 22.0. The van der Waals surface area contributed by atoms with Gasteiger partial charge in [-0.2, -0.15) is 0 Å². The van der Waals surface area contributed by atoms with Gasteiger partial charge in [0.15, 0.2) is 8.32 Å². The number of nitrogens with zero attached hydrogens (tertiary/aromatic N) is 2. The Kier molecular flexibility index (Phi) is 10.5. The van der Waals surface area contributed by atoms with Crippen molar-refractivity contribution in [2.24, 2.45) is 0 Å². The topological polar surface area (TPSA) is 244 Å². The second-order valence-corrected chi connectivity index (χ2v) is 27.6. The Morgan fingerprint density at radius 3 is 1.39 bits per heavy atom. The van der Waals surface area contributed by atoms with Crippen molar-refractivity contribution >= 4 is 142 Å². The van der Waals surface area contributed by atoms with E-state index in [0.717, 1.165) is 38.1 Å². The Hall–Kier alpha value is -6.64. The predicted molar refractivity (Wildman–Crippen MR) is 291 cm³/mol. The zero-order valence-corrected chi connectivity index (χ0v) is 43.6. The first-order valence-corrected chi connectivity index (χ1v) is 28.5. The summed E-state index contributed by atoms with van der Waals surface area (Å²) in [5.41, 5.74) is 6.81. The fraction of sp³-hybridized carbons (Fsp3) is 0.286. The molecule has 4 aromatic heterocycles. The van der Waals surface area contributed by atoms with Crippen LogP contribution in [-0.2, 0) is 4.43 Å². The number of carbonyl (C=O) groups is 4. The van der Waals surface area contributed by atoms with Crippen molar-refractivity contribution in [3.8, 4) is 0 Å². The molecule has 0 saturated heterocycles. The third-order valence-electron chi connectivity index (χ3n) is 16.8. The van der Waals surface area contributed by atoms with Crippen molar-refractivity contribution in [3.63, 3.8) is 0 Å². The lowest BCUT2D eigenvalue weighted by Gasteiger charge is -2.39. The summed E-state index contributed by atoms with van der Waals surface area (Å²) in [6.07, 6.45) is -5.83. The molecule has 2 saturated carbocycles. The van der Waals surface area contributed by atoms with E-state index in [0.29, 0.717) is 82.3 Å². The number of rotatable bonds is 4. The molecule has 6 aromatic carbocycles. The highest BCUT2D eigenvalue weighted by molar-refractivity contribution is 6.74. The number of imide groups is 2. The molecule has 2 fully saturated rings. The van der Waals surface area contributed by atoms with Gasteiger partial charge in [-0.1, -0.05) is 92.5 Å². The number of fused-ring (bicyclic) bond motifs is 20. The number of aliphatic hydroxyl groups is 5. The number of aromatic nitrogens is 4. The number of amides is 4. The summed E-state index contributed by atoms with van der Waals surface area (Å²) in [6.45, 7) is 10.7. The third-order valence-corrected chi connectivity index (χ3v) is 21.8. The summed E-state index contributed by atoms with van der Waals surface area (Å²) in [4.78, 5) is 59.5. The molecule has 10 aromatic rings. The number of H-pyrrole nitrogens is 2. The van der Waals surface area contributed by atoms with Crippen LogP contribution in [0.1, 0.15) is 87.1 Å². The molecule has 0 radical (unpaired) electrons. The van der Waals surface area contributed by atoms with Gasteiger partial charge in [0.05, 0.1) is 68.6 Å². The van der Waals surface area contributed by atoms with Crippen LogP contribution in [0.4, 0.5) is 0 Å². The zero-order chi connectivity index (χ0) is 52.6. The first kappa shape index (κ1) is 48.0. The van der Waals surface area contributed by atoms with Gasteiger partial charge >= 0.3 is 0 Å². The highest BCUT2D eigenvalue weighted by Gasteiger charge is 2.50. The summed E-state index contributed by atoms with van der Waals surface area (Å²) in [5, 5.41) is 65.8. The van der Waals surface area contributed by atoms with E-state index in [1.54, 1.807) is 24.3 Å². The molecule has 0 bridgehead atoms. The fourth-order valence-corrected chi connectivity index (χ4v) is 14.1. The average molecular weight is 1070 g/mol. The van der Waals surface area contributed by atoms with Crippen LogP contribution >= 0.6 is 23.2 Å². The van der Waals surface area contributed by atoms with E-state index in [1.807, 2.05) is 69.8 Å². The van der Waals surface area contributed by atoms with Crippen molar-refractivity contribution in [2.75, 3.05) is 0 Å². The lowest BCUT2D eigenvalue weighted by molar-refractivity contribution is -0.0241. The van der Waals surface area contributed by atoms with E-state index >= 15 is 0 Å². The van der Waals surface area contributed by atoms with Gasteiger partial charge in [-0.15, -0.1) is 0 Å². The lowest BCUT2D eigenvalue weighted by atomic mass is 9.96. The van der Waals surface area contributed by atoms with Crippen molar-refractivity contribution < 1.29 is 49.1 Å². The van der Waals surface area contributed by atoms with Crippen LogP contribution in [0.5, 0.6) is 0 Å². The van der Waals surface area contributed by atoms with E-state index in [9.17, 15) is 44.7 Å². The van der Waals surface area contributed by atoms with Crippen LogP contribution in [0.25, 0.3) is 87.2 Å². The Morgan fingerprint density at radius 1 is 0.547 bits per heavy atom. The van der Waals surface area contributed by atoms with Crippen LogP contribution in [0.2, 0.25) is 28.2 Å². The molecule has 2 unspecified atom stereocenters. The fourth-order valence-electron chi connectivity index (χ4n) is 12.4. The standard InChI is InChI=1S/C31H32ClN3O5Si.C25H18ClN3O5/c1-31(2,3)41(4,5)40-20-13-19(27(36)28(20)37)35-18-9-7-6-8-16(18)22-24-23(29(38)34-30(24)39)21-15-11-10-14(32)12-17(15)33-25(21)26(22)35;26-9-5-6-10-12(7-9)27-20-16(10)18-19(25(34)28-24(18)33)17-11-3-1-2-4-13(11)29(21(17)20)14-8-15(30)23(32)22(14)31/h6-12,19-20,27-28,33,36-37H,13H2,1-5H3,(H,34,38,39);1-7,14-15,22-23,27,30-32H,8H2,(H,28,33,34)/t19?,20-,27-,28+;14?,15-,22-,23+/m00/s1. The minimum absolute atomic E-state index is 0.0686. The Morgan fingerprint density at radius 2 is 0.960 bits per heavy atom. The highest BCUT2D eigenvalue weighted by atomic mass is 35.5. The molecular formula is C56H50Cl2N6O10Si. The smallest absolute Gasteiger partial charge is 0.259 e. The van der Waals surface area contributed by atoms with E-state index in [-0.39, 0.29) is 17.0 Å². The van der Waals surface area contributed by atoms with E-state index < -0.39 is 80.7 Å². The molecule has 14 rings (SSSR count). The molecular weight excluding hydrogens is 1020 g/mol. The monoisotopic (exact) mass is 1060 g/mol. The minimum atomic E-state index is -2.25. The summed E-state index contributed by atoms with van der Waals surface area (Å²) in [5.74, 6) is -1.84. The number of halogens is 2. The Bertz CT molecular complexity index is 4230. The number of benzene rings is 6. The van der Waals surface area contributed by atoms with Crippen molar-refractivity contribution in [1.82, 2.24) is 29.7 Å². The number of aliphatic hydroxyl groups excluding tert-OH is 5. The van der Waals surface area contributed by atoms with Gasteiger partial charge in [-0.05, 0) is 67.4 Å². The highest BCUT2D eigenvalue weighted by Crippen LogP contribution is 2.50. The molecule has 9 N–H and O–H groups in total. The number of hydrogen-bond acceptors (Lipinski definition) is 10. The molecule has 2 aliphatic heterocycles. The molecule has 19 heteroatoms. The summed E-state index contributed by atoms with van der Waals surface area (Å²) in [7, 11) is -2.25. The van der Waals surface area contributed by atoms with Gasteiger partial charge in [0.25, 0.3) is 23.6 Å². The van der Waals surface area contributed by atoms with Crippen LogP contribution in [-0.4, -0.2) is 113 Å². The first-order valence-electron chi connectivity index (χ1n) is 24.8. The van der Waals surface area contributed by atoms with Gasteiger partial charge in [-0.3, -0.25) is 29.8 Å². The van der Waals surface area contributed by atoms with Gasteiger partial charge in [0, 0.05) is 75.2 Å². The van der Waals surface area contributed by atoms with E-state index in [1.165, 1.54) is 0 Å². The van der Waals surface area contributed by atoms with E-state index in [2.05, 4.69) is 54.5 Å². The average Bonchev–Trinajstić information content (AvgIpc) is 4.41. The number of para-hydroxylation sites is 2. The molecule has 2 aliphatic carbocycles. The molecule has 75 heavy (non-hydrogen) atoms. The van der Waals surface area contributed by atoms with Gasteiger partial charge < -0.3 is 49.1 Å². The number of hydrogen-bond donors (Lipinski definition) is 9. The molecule has 4 amide bonds. The van der Waals surface area contributed by atoms with Crippen molar-refractivity contribution in [1.29, 1.82) is 0 Å². The maximum absolute atomic E-state index is 13.4. The summed E-state index contributed by atoms with van der Waals surface area (Å²) < 4.78 is 10.5. The van der Waals surface area contributed by atoms with Gasteiger partial charge in [0.2, 0.25) is 0 Å². The number of nitrogens with one attached hydrogen (secondary N) is 4. The Labute approximate surface area is 436 Å². The van der Waals surface area contributed by atoms with Crippen LogP contribution in [0, 0.1) is 0 Å². The van der Waals surface area contributed by atoms with E-state index in [4.69, 9.17) is 27.6 Å². The SMILES string of the molecule is CC(C)(C)[Si](C)(C)O[C@H]1CC(n2c3ccccc3c3c4c(c5c6ccc(Cl)cc6[nH]c5c32)C(=O)NC4=O)[C@H](O)[C@@H]1O.O=C1NC(=O)c2c1c1c3ccc(Cl)cc3[nH]c1c1c2c2ccccc2n1C1C[C@H](O)[C@@H](O)[C@H]1O. The van der Waals surface area contributed by atoms with Crippen LogP contribution < -0.4 is 10.6 Å². The van der Waals surface area contributed by atoms with Gasteiger partial charge in [-0.25, -0.2) is 0 Å². The zero-order valence-electron chi connectivity index (χ0n) is 41.0. The molecule has 16 nitrogen and oxygen atoms in total. The predicted octanol–water partition coefficient (Wildman–Crippen LogP) is 9.02. The van der Waals surface area contributed by atoms with Crippen LogP contribution in [0.3, 0.4) is 0 Å². The lowest BCUT2D eigenvalue weighted by Crippen LogP contribution is -2.46. The first-order chi connectivity index (χ1) is 35.7. The molecule has 6 heterocycles. The molecule has 4 aliphatic rings. The maximum Gasteiger partial charge on any atom is 0.259 e. The van der Waals surface area contributed by atoms with Crippen molar-refractivity contribution in [3.05, 3.63) is 117 Å². The largest absolute Gasteiger partial charge is 0.411 e.